The van der Waals surface area contributed by atoms with Gasteiger partial charge >= 0.3 is 6.03 Å². The quantitative estimate of drug-likeness (QED) is 0.265. The Labute approximate surface area is 244 Å². The lowest BCUT2D eigenvalue weighted by Gasteiger charge is -2.36. The van der Waals surface area contributed by atoms with Crippen LogP contribution in [0.15, 0.2) is 97.1 Å². The molecule has 0 spiro atoms. The van der Waals surface area contributed by atoms with Crippen molar-refractivity contribution in [3.05, 3.63) is 108 Å². The molecule has 2 amide bonds. The number of aliphatic hydroxyl groups is 3. The van der Waals surface area contributed by atoms with Crippen LogP contribution in [0.3, 0.4) is 0 Å². The second-order valence-corrected chi connectivity index (χ2v) is 11.0. The molecule has 2 heterocycles. The van der Waals surface area contributed by atoms with Gasteiger partial charge in [0.2, 0.25) is 0 Å². The Morgan fingerprint density at radius 3 is 2.12 bits per heavy atom. The van der Waals surface area contributed by atoms with E-state index in [9.17, 15) is 25.2 Å². The van der Waals surface area contributed by atoms with Gasteiger partial charge < -0.3 is 30.1 Å². The number of likely N-dealkylation sites (N-methyl/N-ethyl adjacent to an activating group) is 1. The van der Waals surface area contributed by atoms with Crippen molar-refractivity contribution in [2.45, 2.75) is 36.9 Å². The van der Waals surface area contributed by atoms with E-state index in [1.165, 1.54) is 0 Å². The molecular formula is C34H34N2O6. The van der Waals surface area contributed by atoms with E-state index in [0.717, 1.165) is 33.5 Å². The Bertz CT molecular complexity index is 1540. The van der Waals surface area contributed by atoms with Crippen LogP contribution in [-0.4, -0.2) is 69.9 Å². The molecule has 5 atom stereocenters. The van der Waals surface area contributed by atoms with E-state index in [0.29, 0.717) is 12.1 Å². The van der Waals surface area contributed by atoms with E-state index in [1.54, 1.807) is 22.9 Å². The number of urea groups is 1. The number of amides is 2. The first-order valence-electron chi connectivity index (χ1n) is 14.1. The summed E-state index contributed by atoms with van der Waals surface area (Å²) in [5, 5.41) is 40.8. The first kappa shape index (κ1) is 27.9. The molecule has 8 nitrogen and oxygen atoms in total. The summed E-state index contributed by atoms with van der Waals surface area (Å²) in [6.45, 7) is 0.0644. The Morgan fingerprint density at radius 1 is 0.833 bits per heavy atom. The van der Waals surface area contributed by atoms with Crippen LogP contribution in [0.5, 0.6) is 5.75 Å². The number of hydrogen-bond acceptors (Lipinski definition) is 6. The number of ether oxygens (including phenoxy) is 1. The van der Waals surface area contributed by atoms with E-state index in [4.69, 9.17) is 4.74 Å². The molecule has 4 aromatic carbocycles. The predicted molar refractivity (Wildman–Crippen MR) is 160 cm³/mol. The number of nitrogens with zero attached hydrogens (tertiary/aromatic N) is 2. The first-order valence-corrected chi connectivity index (χ1v) is 14.1. The van der Waals surface area contributed by atoms with Crippen LogP contribution in [-0.2, 0) is 4.74 Å². The second-order valence-electron chi connectivity index (χ2n) is 11.0. The molecule has 2 fully saturated rings. The smallest absolute Gasteiger partial charge is 0.324 e. The van der Waals surface area contributed by atoms with Crippen LogP contribution in [0.1, 0.15) is 29.7 Å². The summed E-state index contributed by atoms with van der Waals surface area (Å²) in [5.41, 5.74) is 6.11. The maximum absolute atomic E-state index is 13.2. The number of benzene rings is 4. The lowest BCUT2D eigenvalue weighted by atomic mass is 9.92. The molecule has 4 unspecified atom stereocenters. The Balaban J connectivity index is 1.22. The molecule has 4 N–H and O–H groups in total. The van der Waals surface area contributed by atoms with Crippen molar-refractivity contribution < 1.29 is 30.0 Å². The number of anilines is 1. The number of rotatable bonds is 6. The van der Waals surface area contributed by atoms with Crippen LogP contribution in [0.2, 0.25) is 0 Å². The molecule has 0 saturated carbocycles. The van der Waals surface area contributed by atoms with Crippen LogP contribution < -0.4 is 4.90 Å². The van der Waals surface area contributed by atoms with Crippen molar-refractivity contribution in [1.29, 1.82) is 0 Å². The minimum atomic E-state index is -1.12. The maximum atomic E-state index is 13.2. The monoisotopic (exact) mass is 566 g/mol. The highest BCUT2D eigenvalue weighted by Crippen LogP contribution is 2.40. The number of aromatic hydroxyl groups is 1. The van der Waals surface area contributed by atoms with Gasteiger partial charge in [-0.2, -0.15) is 0 Å². The molecule has 4 aromatic rings. The van der Waals surface area contributed by atoms with Gasteiger partial charge in [-0.15, -0.1) is 0 Å². The molecule has 0 bridgehead atoms. The zero-order chi connectivity index (χ0) is 29.4. The van der Waals surface area contributed by atoms with Crippen LogP contribution in [0.4, 0.5) is 10.5 Å². The maximum Gasteiger partial charge on any atom is 0.324 e. The minimum Gasteiger partial charge on any atom is -0.508 e. The summed E-state index contributed by atoms with van der Waals surface area (Å²) < 4.78 is 5.80. The van der Waals surface area contributed by atoms with Crippen LogP contribution >= 0.6 is 0 Å². The number of phenolic OH excluding ortho intramolecular Hbond substituents is 1. The van der Waals surface area contributed by atoms with Gasteiger partial charge in [0.25, 0.3) is 0 Å². The Morgan fingerprint density at radius 2 is 1.45 bits per heavy atom. The molecule has 2 aliphatic heterocycles. The molecule has 42 heavy (non-hydrogen) atoms. The van der Waals surface area contributed by atoms with Crippen molar-refractivity contribution in [2.24, 2.45) is 0 Å². The fraction of sp³-hybridized carbons (Fsp3) is 0.265. The zero-order valence-corrected chi connectivity index (χ0v) is 23.2. The number of carbonyl (C=O) groups is 1. The lowest BCUT2D eigenvalue weighted by molar-refractivity contribution is -0.181. The molecule has 2 saturated heterocycles. The van der Waals surface area contributed by atoms with Gasteiger partial charge in [0.1, 0.15) is 18.0 Å². The van der Waals surface area contributed by atoms with Crippen LogP contribution in [0.25, 0.3) is 22.3 Å². The van der Waals surface area contributed by atoms with Gasteiger partial charge in [-0.05, 0) is 46.0 Å². The normalized spacial score (nSPS) is 24.3. The summed E-state index contributed by atoms with van der Waals surface area (Å²) in [4.78, 5) is 16.6. The number of aliphatic hydroxyl groups excluding tert-OH is 3. The summed E-state index contributed by atoms with van der Waals surface area (Å²) in [6.07, 6.45) is -3.16. The van der Waals surface area contributed by atoms with Crippen LogP contribution in [0, 0.1) is 0 Å². The summed E-state index contributed by atoms with van der Waals surface area (Å²) in [5.74, 6) is 0.106. The van der Waals surface area contributed by atoms with Crippen molar-refractivity contribution >= 4 is 11.7 Å². The molecule has 0 radical (unpaired) electrons. The number of phenols is 1. The zero-order valence-electron chi connectivity index (χ0n) is 23.2. The second kappa shape index (κ2) is 11.6. The van der Waals surface area contributed by atoms with Crippen molar-refractivity contribution in [1.82, 2.24) is 4.90 Å². The Kier molecular flexibility index (Phi) is 7.70. The molecule has 0 aliphatic carbocycles. The van der Waals surface area contributed by atoms with E-state index in [-0.39, 0.29) is 30.9 Å². The highest BCUT2D eigenvalue weighted by Gasteiger charge is 2.39. The van der Waals surface area contributed by atoms with Gasteiger partial charge in [0.05, 0.1) is 24.9 Å². The molecule has 216 valence electrons. The predicted octanol–water partition coefficient (Wildman–Crippen LogP) is 4.88. The minimum absolute atomic E-state index is 0.106. The van der Waals surface area contributed by atoms with Crippen molar-refractivity contribution in [3.8, 4) is 28.0 Å². The third kappa shape index (κ3) is 5.26. The Hall–Kier alpha value is -4.21. The third-order valence-electron chi connectivity index (χ3n) is 8.30. The fourth-order valence-corrected chi connectivity index (χ4v) is 5.92. The SMILES string of the molecule is CN1CC(c2ccc(-c3ccc(C4CC(O)[C@H](O)C(CO)O4)cc3)cc2O)N(c2ccc(-c3ccccc3)cc2)C1=O. The van der Waals surface area contributed by atoms with Crippen molar-refractivity contribution in [2.75, 3.05) is 25.1 Å². The third-order valence-corrected chi connectivity index (χ3v) is 8.30. The highest BCUT2D eigenvalue weighted by molar-refractivity contribution is 5.95. The van der Waals surface area contributed by atoms with Gasteiger partial charge in [0.15, 0.2) is 0 Å². The largest absolute Gasteiger partial charge is 0.508 e. The van der Waals surface area contributed by atoms with E-state index >= 15 is 0 Å². The van der Waals surface area contributed by atoms with Gasteiger partial charge in [-0.1, -0.05) is 78.9 Å². The van der Waals surface area contributed by atoms with Gasteiger partial charge in [0, 0.05) is 31.3 Å². The topological polar surface area (TPSA) is 114 Å². The van der Waals surface area contributed by atoms with E-state index < -0.39 is 24.4 Å². The average molecular weight is 567 g/mol. The molecule has 6 rings (SSSR count). The first-order chi connectivity index (χ1) is 20.3. The average Bonchev–Trinajstić information content (AvgIpc) is 3.32. The lowest BCUT2D eigenvalue weighted by Crippen LogP contribution is -2.47. The summed E-state index contributed by atoms with van der Waals surface area (Å²) in [6, 6.07) is 30.6. The number of carbonyl (C=O) groups excluding carboxylic acids is 1. The molecule has 8 heteroatoms. The number of hydrogen-bond donors (Lipinski definition) is 4. The van der Waals surface area contributed by atoms with Crippen molar-refractivity contribution in [3.63, 3.8) is 0 Å². The highest BCUT2D eigenvalue weighted by atomic mass is 16.5. The molecular weight excluding hydrogens is 532 g/mol. The van der Waals surface area contributed by atoms with E-state index in [1.807, 2.05) is 91.0 Å². The fourth-order valence-electron chi connectivity index (χ4n) is 5.92. The van der Waals surface area contributed by atoms with Gasteiger partial charge in [-0.25, -0.2) is 4.79 Å². The van der Waals surface area contributed by atoms with E-state index in [2.05, 4.69) is 0 Å². The summed E-state index contributed by atoms with van der Waals surface area (Å²) in [7, 11) is 1.76. The molecule has 2 aliphatic rings. The molecule has 0 aromatic heterocycles. The van der Waals surface area contributed by atoms with Gasteiger partial charge in [-0.3, -0.25) is 4.90 Å². The standard InChI is InChI=1S/C34H34N2O6/c1-35-19-28(36(34(35)41)26-14-11-22(12-15-26)21-5-3-2-4-6-21)27-16-13-25(17-29(27)38)23-7-9-24(10-8-23)31-18-30(39)33(40)32(20-37)42-31/h2-17,28,30-33,37-40H,18-20H2,1H3/t28?,30?,31?,32?,33-/m0/s1. The summed E-state index contributed by atoms with van der Waals surface area (Å²) >= 11 is 0.